The molecule has 0 bridgehead atoms. The molecule has 3 aromatic rings. The van der Waals surface area contributed by atoms with Crippen LogP contribution in [0, 0.1) is 0 Å². The maximum absolute atomic E-state index is 12.3. The molecule has 0 radical (unpaired) electrons. The number of hydrogen-bond acceptors (Lipinski definition) is 5. The van der Waals surface area contributed by atoms with E-state index in [0.717, 1.165) is 23.7 Å². The van der Waals surface area contributed by atoms with Crippen LogP contribution in [0.25, 0.3) is 5.65 Å². The lowest BCUT2D eigenvalue weighted by Gasteiger charge is -2.30. The molecule has 0 aliphatic carbocycles. The molecule has 3 heterocycles. The first-order valence-electron chi connectivity index (χ1n) is 8.91. The summed E-state index contributed by atoms with van der Waals surface area (Å²) in [6, 6.07) is 12.7. The van der Waals surface area contributed by atoms with Crippen molar-refractivity contribution in [3.63, 3.8) is 0 Å². The van der Waals surface area contributed by atoms with Gasteiger partial charge in [-0.05, 0) is 30.8 Å². The number of hydrogen-bond donors (Lipinski definition) is 0. The number of rotatable bonds is 5. The van der Waals surface area contributed by atoms with E-state index in [1.165, 1.54) is 4.40 Å². The van der Waals surface area contributed by atoms with E-state index in [2.05, 4.69) is 16.8 Å². The van der Waals surface area contributed by atoms with E-state index >= 15 is 0 Å². The second kappa shape index (κ2) is 7.58. The van der Waals surface area contributed by atoms with Crippen LogP contribution in [-0.4, -0.2) is 40.1 Å². The Balaban J connectivity index is 1.49. The minimum Gasteiger partial charge on any atom is -0.486 e. The van der Waals surface area contributed by atoms with Crippen LogP contribution >= 0.6 is 11.6 Å². The highest BCUT2D eigenvalue weighted by Gasteiger charge is 2.23. The van der Waals surface area contributed by atoms with Crippen molar-refractivity contribution in [2.75, 3.05) is 19.7 Å². The van der Waals surface area contributed by atoms with Crippen molar-refractivity contribution in [3.05, 3.63) is 69.7 Å². The first-order chi connectivity index (χ1) is 13.1. The highest BCUT2D eigenvalue weighted by molar-refractivity contribution is 6.30. The number of benzene rings is 1. The first kappa shape index (κ1) is 17.8. The Morgan fingerprint density at radius 1 is 1.26 bits per heavy atom. The van der Waals surface area contributed by atoms with Gasteiger partial charge >= 0.3 is 0 Å². The largest absolute Gasteiger partial charge is 0.486 e. The lowest BCUT2D eigenvalue weighted by Crippen LogP contribution is -2.41. The van der Waals surface area contributed by atoms with Gasteiger partial charge in [-0.1, -0.05) is 30.7 Å². The molecule has 0 saturated carbocycles. The first-order valence-corrected chi connectivity index (χ1v) is 9.29. The Labute approximate surface area is 161 Å². The molecule has 1 aromatic carbocycles. The van der Waals surface area contributed by atoms with Crippen LogP contribution in [0.4, 0.5) is 0 Å². The molecule has 1 aliphatic heterocycles. The average molecular weight is 386 g/mol. The SMILES string of the molecule is CCN(Cc1cc(=O)n2cc(Cl)ccc2n1)CC1COc2ccccc2O1. The summed E-state index contributed by atoms with van der Waals surface area (Å²) < 4.78 is 13.3. The normalized spacial score (nSPS) is 16.0. The lowest BCUT2D eigenvalue weighted by molar-refractivity contribution is 0.0577. The summed E-state index contributed by atoms with van der Waals surface area (Å²) in [6.45, 7) is 4.63. The van der Waals surface area contributed by atoms with Gasteiger partial charge in [0.1, 0.15) is 18.4 Å². The zero-order valence-electron chi connectivity index (χ0n) is 15.0. The van der Waals surface area contributed by atoms with E-state index in [1.807, 2.05) is 24.3 Å². The number of para-hydroxylation sites is 2. The van der Waals surface area contributed by atoms with Crippen molar-refractivity contribution < 1.29 is 9.47 Å². The smallest absolute Gasteiger partial charge is 0.258 e. The van der Waals surface area contributed by atoms with E-state index < -0.39 is 0 Å². The van der Waals surface area contributed by atoms with E-state index in [9.17, 15) is 4.79 Å². The summed E-state index contributed by atoms with van der Waals surface area (Å²) in [5, 5.41) is 0.504. The van der Waals surface area contributed by atoms with Gasteiger partial charge in [-0.2, -0.15) is 0 Å². The van der Waals surface area contributed by atoms with Crippen LogP contribution in [0.2, 0.25) is 5.02 Å². The fourth-order valence-electron chi connectivity index (χ4n) is 3.18. The van der Waals surface area contributed by atoms with Gasteiger partial charge in [0, 0.05) is 25.4 Å². The molecule has 0 amide bonds. The van der Waals surface area contributed by atoms with Crippen LogP contribution in [0.5, 0.6) is 11.5 Å². The molecule has 140 valence electrons. The quantitative estimate of drug-likeness (QED) is 0.675. The maximum Gasteiger partial charge on any atom is 0.258 e. The van der Waals surface area contributed by atoms with E-state index in [-0.39, 0.29) is 11.7 Å². The molecule has 4 rings (SSSR count). The molecule has 7 heteroatoms. The number of aromatic nitrogens is 2. The molecule has 1 aliphatic rings. The molecule has 0 spiro atoms. The molecular weight excluding hydrogens is 366 g/mol. The van der Waals surface area contributed by atoms with Gasteiger partial charge in [-0.15, -0.1) is 0 Å². The topological polar surface area (TPSA) is 56.1 Å². The summed E-state index contributed by atoms with van der Waals surface area (Å²) in [5.74, 6) is 1.54. The molecular formula is C20H20ClN3O3. The van der Waals surface area contributed by atoms with Crippen molar-refractivity contribution in [2.24, 2.45) is 0 Å². The Hall–Kier alpha value is -2.57. The molecule has 0 N–H and O–H groups in total. The minimum atomic E-state index is -0.139. The van der Waals surface area contributed by atoms with E-state index in [4.69, 9.17) is 21.1 Å². The Morgan fingerprint density at radius 3 is 2.89 bits per heavy atom. The van der Waals surface area contributed by atoms with Gasteiger partial charge in [0.25, 0.3) is 5.56 Å². The zero-order chi connectivity index (χ0) is 18.8. The predicted molar refractivity (Wildman–Crippen MR) is 104 cm³/mol. The van der Waals surface area contributed by atoms with Gasteiger partial charge in [0.05, 0.1) is 10.7 Å². The standard InChI is InChI=1S/C20H20ClN3O3/c1-2-23(12-16-13-26-17-5-3-4-6-18(17)27-16)11-15-9-20(25)24-10-14(21)7-8-19(24)22-15/h3-10,16H,2,11-13H2,1H3. The zero-order valence-corrected chi connectivity index (χ0v) is 15.7. The van der Waals surface area contributed by atoms with Crippen molar-refractivity contribution in [1.29, 1.82) is 0 Å². The van der Waals surface area contributed by atoms with Crippen LogP contribution in [0.3, 0.4) is 0 Å². The lowest BCUT2D eigenvalue weighted by atomic mass is 10.2. The number of likely N-dealkylation sites (N-methyl/N-ethyl adjacent to an activating group) is 1. The number of ether oxygens (including phenoxy) is 2. The second-order valence-corrected chi connectivity index (χ2v) is 6.92. The average Bonchev–Trinajstić information content (AvgIpc) is 2.68. The highest BCUT2D eigenvalue weighted by Crippen LogP contribution is 2.31. The number of halogens is 1. The predicted octanol–water partition coefficient (Wildman–Crippen LogP) is 3.01. The third-order valence-electron chi connectivity index (χ3n) is 4.54. The third-order valence-corrected chi connectivity index (χ3v) is 4.76. The molecule has 27 heavy (non-hydrogen) atoms. The Bertz CT molecular complexity index is 1020. The van der Waals surface area contributed by atoms with Gasteiger partial charge in [-0.3, -0.25) is 14.1 Å². The maximum atomic E-state index is 12.3. The van der Waals surface area contributed by atoms with Crippen LogP contribution in [0.15, 0.2) is 53.5 Å². The third kappa shape index (κ3) is 3.91. The van der Waals surface area contributed by atoms with Crippen molar-refractivity contribution in [1.82, 2.24) is 14.3 Å². The van der Waals surface area contributed by atoms with Gasteiger partial charge < -0.3 is 9.47 Å². The summed E-state index contributed by atoms with van der Waals surface area (Å²) in [5.41, 5.74) is 1.17. The fraction of sp³-hybridized carbons (Fsp3) is 0.300. The molecule has 0 fully saturated rings. The van der Waals surface area contributed by atoms with E-state index in [1.54, 1.807) is 24.4 Å². The number of pyridine rings is 1. The monoisotopic (exact) mass is 385 g/mol. The Morgan fingerprint density at radius 2 is 2.07 bits per heavy atom. The van der Waals surface area contributed by atoms with Crippen molar-refractivity contribution >= 4 is 17.2 Å². The molecule has 1 unspecified atom stereocenters. The summed E-state index contributed by atoms with van der Waals surface area (Å²) in [6.07, 6.45) is 1.51. The van der Waals surface area contributed by atoms with Crippen LogP contribution in [-0.2, 0) is 6.54 Å². The summed E-state index contributed by atoms with van der Waals surface area (Å²) in [7, 11) is 0. The Kier molecular flexibility index (Phi) is 5.01. The van der Waals surface area contributed by atoms with Gasteiger partial charge in [0.2, 0.25) is 0 Å². The second-order valence-electron chi connectivity index (χ2n) is 6.49. The highest BCUT2D eigenvalue weighted by atomic mass is 35.5. The van der Waals surface area contributed by atoms with Crippen LogP contribution < -0.4 is 15.0 Å². The number of fused-ring (bicyclic) bond motifs is 2. The van der Waals surface area contributed by atoms with Crippen molar-refractivity contribution in [2.45, 2.75) is 19.6 Å². The molecule has 6 nitrogen and oxygen atoms in total. The van der Waals surface area contributed by atoms with Crippen LogP contribution in [0.1, 0.15) is 12.6 Å². The molecule has 2 aromatic heterocycles. The van der Waals surface area contributed by atoms with Gasteiger partial charge in [0.15, 0.2) is 11.5 Å². The van der Waals surface area contributed by atoms with E-state index in [0.29, 0.717) is 30.4 Å². The minimum absolute atomic E-state index is 0.0693. The number of nitrogens with zero attached hydrogens (tertiary/aromatic N) is 3. The summed E-state index contributed by atoms with van der Waals surface area (Å²) in [4.78, 5) is 19.1. The molecule has 0 saturated heterocycles. The fourth-order valence-corrected chi connectivity index (χ4v) is 3.34. The summed E-state index contributed by atoms with van der Waals surface area (Å²) >= 11 is 5.96. The molecule has 1 atom stereocenters. The van der Waals surface area contributed by atoms with Gasteiger partial charge in [-0.25, -0.2) is 4.98 Å². The van der Waals surface area contributed by atoms with Crippen molar-refractivity contribution in [3.8, 4) is 11.5 Å².